The van der Waals surface area contributed by atoms with Gasteiger partial charge in [-0.15, -0.1) is 11.6 Å². The zero-order chi connectivity index (χ0) is 12.3. The average molecular weight is 251 g/mol. The summed E-state index contributed by atoms with van der Waals surface area (Å²) in [6.45, 7) is 5.17. The van der Waals surface area contributed by atoms with Crippen LogP contribution >= 0.6 is 11.6 Å². The molecule has 17 heavy (non-hydrogen) atoms. The van der Waals surface area contributed by atoms with Crippen LogP contribution in [0.4, 0.5) is 0 Å². The minimum absolute atomic E-state index is 0.264. The van der Waals surface area contributed by atoms with E-state index in [1.54, 1.807) is 0 Å². The molecule has 1 aromatic carbocycles. The Morgan fingerprint density at radius 2 is 2.06 bits per heavy atom. The van der Waals surface area contributed by atoms with Crippen molar-refractivity contribution in [2.75, 3.05) is 0 Å². The predicted octanol–water partition coefficient (Wildman–Crippen LogP) is 4.01. The lowest BCUT2D eigenvalue weighted by molar-refractivity contribution is 0.650. The first-order chi connectivity index (χ1) is 8.26. The Balaban J connectivity index is 2.28. The summed E-state index contributed by atoms with van der Waals surface area (Å²) in [6, 6.07) is 8.42. The summed E-state index contributed by atoms with van der Waals surface area (Å²) in [6.07, 6.45) is 2.99. The molecule has 0 spiro atoms. The van der Waals surface area contributed by atoms with E-state index in [1.165, 1.54) is 16.6 Å². The van der Waals surface area contributed by atoms with Gasteiger partial charge in [-0.3, -0.25) is 4.68 Å². The Morgan fingerprint density at radius 3 is 2.76 bits per heavy atom. The van der Waals surface area contributed by atoms with Crippen molar-refractivity contribution in [3.8, 4) is 0 Å². The summed E-state index contributed by atoms with van der Waals surface area (Å²) in [4.78, 5) is 0. The van der Waals surface area contributed by atoms with Gasteiger partial charge in [0, 0.05) is 17.3 Å². The van der Waals surface area contributed by atoms with Crippen molar-refractivity contribution in [3.05, 3.63) is 30.0 Å². The van der Waals surface area contributed by atoms with Gasteiger partial charge in [0.1, 0.15) is 0 Å². The van der Waals surface area contributed by atoms with E-state index in [4.69, 9.17) is 11.6 Å². The van der Waals surface area contributed by atoms with Crippen LogP contribution in [0.5, 0.6) is 0 Å². The fraction of sp³-hybridized carbons (Fsp3) is 0.500. The maximum atomic E-state index is 6.17. The Kier molecular flexibility index (Phi) is 4.06. The third-order valence-electron chi connectivity index (χ3n) is 3.17. The van der Waals surface area contributed by atoms with Gasteiger partial charge >= 0.3 is 0 Å². The van der Waals surface area contributed by atoms with Crippen molar-refractivity contribution >= 4 is 22.5 Å². The monoisotopic (exact) mass is 250 g/mol. The number of hydrogen-bond donors (Lipinski definition) is 0. The van der Waals surface area contributed by atoms with E-state index in [0.29, 0.717) is 0 Å². The van der Waals surface area contributed by atoms with Crippen LogP contribution in [0.25, 0.3) is 10.9 Å². The fourth-order valence-corrected chi connectivity index (χ4v) is 2.23. The van der Waals surface area contributed by atoms with Crippen molar-refractivity contribution in [3.63, 3.8) is 0 Å². The lowest BCUT2D eigenvalue weighted by atomic mass is 10.1. The number of fused-ring (bicyclic) bond motifs is 1. The summed E-state index contributed by atoms with van der Waals surface area (Å²) in [7, 11) is 0. The number of aryl methyl sites for hydroxylation is 2. The van der Waals surface area contributed by atoms with E-state index < -0.39 is 0 Å². The lowest BCUT2D eigenvalue weighted by Gasteiger charge is -2.03. The second-order valence-electron chi connectivity index (χ2n) is 4.32. The van der Waals surface area contributed by atoms with Crippen LogP contribution in [0.2, 0.25) is 0 Å². The minimum Gasteiger partial charge on any atom is -0.265 e. The van der Waals surface area contributed by atoms with Gasteiger partial charge in [-0.05, 0) is 32.3 Å². The molecule has 0 saturated carbocycles. The van der Waals surface area contributed by atoms with Crippen molar-refractivity contribution < 1.29 is 0 Å². The van der Waals surface area contributed by atoms with Crippen LogP contribution in [-0.4, -0.2) is 15.2 Å². The fourth-order valence-electron chi connectivity index (χ4n) is 2.12. The molecule has 0 aliphatic carbocycles. The molecule has 2 aromatic rings. The van der Waals surface area contributed by atoms with Gasteiger partial charge in [0.25, 0.3) is 0 Å². The van der Waals surface area contributed by atoms with E-state index in [9.17, 15) is 0 Å². The van der Waals surface area contributed by atoms with E-state index in [2.05, 4.69) is 47.9 Å². The first-order valence-corrected chi connectivity index (χ1v) is 6.78. The molecule has 1 atom stereocenters. The molecule has 0 N–H and O–H groups in total. The lowest BCUT2D eigenvalue weighted by Crippen LogP contribution is -2.01. The third kappa shape index (κ3) is 2.63. The number of aromatic nitrogens is 2. The third-order valence-corrected chi connectivity index (χ3v) is 3.70. The van der Waals surface area contributed by atoms with Crippen LogP contribution in [0.15, 0.2) is 24.3 Å². The number of nitrogens with zero attached hydrogens (tertiary/aromatic N) is 2. The zero-order valence-electron chi connectivity index (χ0n) is 10.5. The summed E-state index contributed by atoms with van der Waals surface area (Å²) in [5.74, 6) is 0. The second-order valence-corrected chi connectivity index (χ2v) is 4.94. The molecule has 0 saturated heterocycles. The highest BCUT2D eigenvalue weighted by atomic mass is 35.5. The number of halogens is 1. The Morgan fingerprint density at radius 1 is 1.29 bits per heavy atom. The summed E-state index contributed by atoms with van der Waals surface area (Å²) < 4.78 is 2.07. The first-order valence-electron chi connectivity index (χ1n) is 6.34. The largest absolute Gasteiger partial charge is 0.265 e. The van der Waals surface area contributed by atoms with E-state index in [1.807, 2.05) is 0 Å². The molecule has 92 valence electrons. The second kappa shape index (κ2) is 5.54. The average Bonchev–Trinajstić information content (AvgIpc) is 2.74. The molecule has 0 bridgehead atoms. The quantitative estimate of drug-likeness (QED) is 0.734. The summed E-state index contributed by atoms with van der Waals surface area (Å²) in [5, 5.41) is 6.21. The van der Waals surface area contributed by atoms with Gasteiger partial charge in [0.05, 0.1) is 11.2 Å². The molecule has 0 radical (unpaired) electrons. The number of alkyl halides is 1. The zero-order valence-corrected chi connectivity index (χ0v) is 11.2. The Bertz CT molecular complexity index is 490. The first kappa shape index (κ1) is 12.4. The predicted molar refractivity (Wildman–Crippen MR) is 73.7 cm³/mol. The van der Waals surface area contributed by atoms with Crippen LogP contribution in [0.1, 0.15) is 32.4 Å². The standard InChI is InChI=1S/C14H19ClN2/c1-3-11(15)9-10-13-12-7-5-6-8-14(12)17(4-2)16-13/h5-8,11H,3-4,9-10H2,1-2H3. The van der Waals surface area contributed by atoms with Crippen LogP contribution < -0.4 is 0 Å². The molecule has 1 unspecified atom stereocenters. The molecule has 0 aliphatic rings. The summed E-state index contributed by atoms with van der Waals surface area (Å²) in [5.41, 5.74) is 2.41. The molecule has 1 heterocycles. The van der Waals surface area contributed by atoms with Crippen LogP contribution in [0, 0.1) is 0 Å². The summed E-state index contributed by atoms with van der Waals surface area (Å²) >= 11 is 6.17. The highest BCUT2D eigenvalue weighted by Gasteiger charge is 2.10. The van der Waals surface area contributed by atoms with E-state index in [0.717, 1.165) is 25.8 Å². The number of hydrogen-bond acceptors (Lipinski definition) is 1. The van der Waals surface area contributed by atoms with E-state index in [-0.39, 0.29) is 5.38 Å². The van der Waals surface area contributed by atoms with Gasteiger partial charge in [0.2, 0.25) is 0 Å². The van der Waals surface area contributed by atoms with Gasteiger partial charge in [-0.2, -0.15) is 5.10 Å². The van der Waals surface area contributed by atoms with Crippen LogP contribution in [0.3, 0.4) is 0 Å². The SMILES string of the molecule is CCC(Cl)CCc1nn(CC)c2ccccc12. The van der Waals surface area contributed by atoms with Crippen molar-refractivity contribution in [1.82, 2.24) is 9.78 Å². The molecule has 0 aliphatic heterocycles. The normalized spacial score (nSPS) is 13.1. The molecular weight excluding hydrogens is 232 g/mol. The molecular formula is C14H19ClN2. The van der Waals surface area contributed by atoms with Crippen molar-refractivity contribution in [2.24, 2.45) is 0 Å². The van der Waals surface area contributed by atoms with Crippen LogP contribution in [-0.2, 0) is 13.0 Å². The van der Waals surface area contributed by atoms with Crippen molar-refractivity contribution in [1.29, 1.82) is 0 Å². The molecule has 3 heteroatoms. The molecule has 2 nitrogen and oxygen atoms in total. The molecule has 0 amide bonds. The Labute approximate surface area is 108 Å². The Hall–Kier alpha value is -1.02. The number of para-hydroxylation sites is 1. The number of rotatable bonds is 5. The maximum Gasteiger partial charge on any atom is 0.0703 e. The smallest absolute Gasteiger partial charge is 0.0703 e. The highest BCUT2D eigenvalue weighted by Crippen LogP contribution is 2.21. The van der Waals surface area contributed by atoms with Gasteiger partial charge in [-0.25, -0.2) is 0 Å². The maximum absolute atomic E-state index is 6.17. The van der Waals surface area contributed by atoms with E-state index >= 15 is 0 Å². The van der Waals surface area contributed by atoms with Crippen molar-refractivity contribution in [2.45, 2.75) is 45.0 Å². The molecule has 2 rings (SSSR count). The molecule has 1 aromatic heterocycles. The number of benzene rings is 1. The minimum atomic E-state index is 0.264. The van der Waals surface area contributed by atoms with Gasteiger partial charge in [-0.1, -0.05) is 25.1 Å². The van der Waals surface area contributed by atoms with Gasteiger partial charge < -0.3 is 0 Å². The highest BCUT2D eigenvalue weighted by molar-refractivity contribution is 6.20. The molecule has 0 fully saturated rings. The topological polar surface area (TPSA) is 17.8 Å². The van der Waals surface area contributed by atoms with Gasteiger partial charge in [0.15, 0.2) is 0 Å².